The van der Waals surface area contributed by atoms with E-state index in [0.717, 1.165) is 4.88 Å². The number of nitro benzene ring substituents is 1. The SMILES string of the molecule is CC(C)[C@@H](NC(=O)c1ccc([N+](=O)[O-])cc1)c1cccs1. The minimum absolute atomic E-state index is 0.0229. The van der Waals surface area contributed by atoms with Crippen LogP contribution in [0.2, 0.25) is 0 Å². The van der Waals surface area contributed by atoms with Gasteiger partial charge in [-0.2, -0.15) is 0 Å². The molecule has 0 saturated carbocycles. The van der Waals surface area contributed by atoms with Crippen LogP contribution < -0.4 is 5.32 Å². The lowest BCUT2D eigenvalue weighted by Gasteiger charge is -2.21. The van der Waals surface area contributed by atoms with E-state index in [4.69, 9.17) is 0 Å². The number of nitro groups is 1. The van der Waals surface area contributed by atoms with Crippen LogP contribution in [0.5, 0.6) is 0 Å². The molecule has 0 saturated heterocycles. The minimum atomic E-state index is -0.482. The second-order valence-corrected chi connectivity index (χ2v) is 5.99. The van der Waals surface area contributed by atoms with Crippen LogP contribution >= 0.6 is 11.3 Å². The normalized spacial score (nSPS) is 12.1. The second-order valence-electron chi connectivity index (χ2n) is 5.01. The Hall–Kier alpha value is -2.21. The van der Waals surface area contributed by atoms with Gasteiger partial charge >= 0.3 is 0 Å². The molecule has 1 aromatic heterocycles. The molecule has 0 aliphatic carbocycles. The summed E-state index contributed by atoms with van der Waals surface area (Å²) >= 11 is 1.60. The van der Waals surface area contributed by atoms with Gasteiger partial charge in [-0.3, -0.25) is 14.9 Å². The van der Waals surface area contributed by atoms with Gasteiger partial charge in [0.05, 0.1) is 11.0 Å². The van der Waals surface area contributed by atoms with Crippen LogP contribution in [0, 0.1) is 16.0 Å². The Kier molecular flexibility index (Phi) is 4.70. The van der Waals surface area contributed by atoms with Crippen LogP contribution in [0.3, 0.4) is 0 Å². The van der Waals surface area contributed by atoms with Crippen molar-refractivity contribution < 1.29 is 9.72 Å². The molecule has 0 aliphatic rings. The monoisotopic (exact) mass is 304 g/mol. The summed E-state index contributed by atoms with van der Waals surface area (Å²) in [7, 11) is 0. The number of carbonyl (C=O) groups is 1. The molecule has 0 bridgehead atoms. The van der Waals surface area contributed by atoms with E-state index in [1.165, 1.54) is 24.3 Å². The van der Waals surface area contributed by atoms with E-state index < -0.39 is 4.92 Å². The fourth-order valence-corrected chi connectivity index (χ4v) is 2.94. The maximum atomic E-state index is 12.3. The highest BCUT2D eigenvalue weighted by molar-refractivity contribution is 7.10. The lowest BCUT2D eigenvalue weighted by molar-refractivity contribution is -0.384. The summed E-state index contributed by atoms with van der Waals surface area (Å²) < 4.78 is 0. The second kappa shape index (κ2) is 6.49. The number of thiophene rings is 1. The lowest BCUT2D eigenvalue weighted by Crippen LogP contribution is -2.31. The molecule has 110 valence electrons. The van der Waals surface area contributed by atoms with Crippen molar-refractivity contribution in [1.29, 1.82) is 0 Å². The predicted molar refractivity (Wildman–Crippen MR) is 82.5 cm³/mol. The number of carbonyl (C=O) groups excluding carboxylic acids is 1. The molecule has 2 aromatic rings. The first-order valence-electron chi connectivity index (χ1n) is 6.57. The van der Waals surface area contributed by atoms with Crippen molar-refractivity contribution >= 4 is 22.9 Å². The van der Waals surface area contributed by atoms with Gasteiger partial charge in [0.15, 0.2) is 0 Å². The summed E-state index contributed by atoms with van der Waals surface area (Å²) in [5.41, 5.74) is 0.396. The van der Waals surface area contributed by atoms with Gasteiger partial charge in [-0.05, 0) is 29.5 Å². The quantitative estimate of drug-likeness (QED) is 0.675. The average molecular weight is 304 g/mol. The zero-order chi connectivity index (χ0) is 15.4. The Morgan fingerprint density at radius 3 is 2.38 bits per heavy atom. The van der Waals surface area contributed by atoms with Crippen molar-refractivity contribution in [2.24, 2.45) is 5.92 Å². The van der Waals surface area contributed by atoms with Crippen LogP contribution in [0.15, 0.2) is 41.8 Å². The molecule has 1 heterocycles. The van der Waals surface area contributed by atoms with E-state index >= 15 is 0 Å². The molecule has 2 rings (SSSR count). The summed E-state index contributed by atoms with van der Waals surface area (Å²) in [5.74, 6) is 0.0302. The Morgan fingerprint density at radius 1 is 1.24 bits per heavy atom. The zero-order valence-electron chi connectivity index (χ0n) is 11.8. The van der Waals surface area contributed by atoms with Crippen molar-refractivity contribution in [3.05, 3.63) is 62.3 Å². The third-order valence-electron chi connectivity index (χ3n) is 3.14. The standard InChI is InChI=1S/C15H16N2O3S/c1-10(2)14(13-4-3-9-21-13)16-15(18)11-5-7-12(8-6-11)17(19)20/h3-10,14H,1-2H3,(H,16,18)/t14-/m1/s1. The smallest absolute Gasteiger partial charge is 0.269 e. The Bertz CT molecular complexity index is 621. The molecule has 0 radical (unpaired) electrons. The molecule has 1 N–H and O–H groups in total. The molecular weight excluding hydrogens is 288 g/mol. The summed E-state index contributed by atoms with van der Waals surface area (Å²) in [6.45, 7) is 4.08. The maximum absolute atomic E-state index is 12.3. The summed E-state index contributed by atoms with van der Waals surface area (Å²) in [6.07, 6.45) is 0. The van der Waals surface area contributed by atoms with Crippen molar-refractivity contribution in [3.63, 3.8) is 0 Å². The number of nitrogens with zero attached hydrogens (tertiary/aromatic N) is 1. The highest BCUT2D eigenvalue weighted by Crippen LogP contribution is 2.26. The number of hydrogen-bond donors (Lipinski definition) is 1. The fraction of sp³-hybridized carbons (Fsp3) is 0.267. The predicted octanol–water partition coefficient (Wildman–Crippen LogP) is 3.78. The van der Waals surface area contributed by atoms with Gasteiger partial charge in [-0.1, -0.05) is 19.9 Å². The van der Waals surface area contributed by atoms with Crippen molar-refractivity contribution in [1.82, 2.24) is 5.32 Å². The molecule has 5 nitrogen and oxygen atoms in total. The number of benzene rings is 1. The molecule has 1 amide bonds. The van der Waals surface area contributed by atoms with Gasteiger partial charge in [0.1, 0.15) is 0 Å². The molecular formula is C15H16N2O3S. The van der Waals surface area contributed by atoms with E-state index in [-0.39, 0.29) is 23.6 Å². The molecule has 0 aliphatic heterocycles. The van der Waals surface area contributed by atoms with Crippen LogP contribution in [-0.4, -0.2) is 10.8 Å². The number of rotatable bonds is 5. The molecule has 0 fully saturated rings. The zero-order valence-corrected chi connectivity index (χ0v) is 12.6. The Morgan fingerprint density at radius 2 is 1.90 bits per heavy atom. The van der Waals surface area contributed by atoms with Gasteiger partial charge < -0.3 is 5.32 Å². The maximum Gasteiger partial charge on any atom is 0.269 e. The number of amides is 1. The summed E-state index contributed by atoms with van der Waals surface area (Å²) in [4.78, 5) is 23.5. The van der Waals surface area contributed by atoms with Gasteiger partial charge in [0.2, 0.25) is 0 Å². The Balaban J connectivity index is 2.14. The number of hydrogen-bond acceptors (Lipinski definition) is 4. The molecule has 21 heavy (non-hydrogen) atoms. The van der Waals surface area contributed by atoms with Gasteiger partial charge in [0, 0.05) is 22.6 Å². The van der Waals surface area contributed by atoms with E-state index in [2.05, 4.69) is 5.32 Å². The van der Waals surface area contributed by atoms with Crippen LogP contribution in [0.25, 0.3) is 0 Å². The van der Waals surface area contributed by atoms with Gasteiger partial charge in [-0.15, -0.1) is 11.3 Å². The van der Waals surface area contributed by atoms with E-state index in [9.17, 15) is 14.9 Å². The average Bonchev–Trinajstić information content (AvgIpc) is 2.98. The topological polar surface area (TPSA) is 72.2 Å². The third kappa shape index (κ3) is 3.66. The first kappa shape index (κ1) is 15.2. The largest absolute Gasteiger partial charge is 0.344 e. The Labute approximate surface area is 126 Å². The molecule has 1 aromatic carbocycles. The van der Waals surface area contributed by atoms with Gasteiger partial charge in [0.25, 0.3) is 11.6 Å². The molecule has 0 spiro atoms. The van der Waals surface area contributed by atoms with Crippen molar-refractivity contribution in [2.75, 3.05) is 0 Å². The minimum Gasteiger partial charge on any atom is -0.344 e. The van der Waals surface area contributed by atoms with Crippen molar-refractivity contribution in [3.8, 4) is 0 Å². The number of non-ortho nitro benzene ring substituents is 1. The van der Waals surface area contributed by atoms with E-state index in [0.29, 0.717) is 5.56 Å². The highest BCUT2D eigenvalue weighted by atomic mass is 32.1. The molecule has 1 atom stereocenters. The van der Waals surface area contributed by atoms with Gasteiger partial charge in [-0.25, -0.2) is 0 Å². The summed E-state index contributed by atoms with van der Waals surface area (Å²) in [6, 6.07) is 9.50. The van der Waals surface area contributed by atoms with Crippen LogP contribution in [0.4, 0.5) is 5.69 Å². The van der Waals surface area contributed by atoms with Crippen LogP contribution in [-0.2, 0) is 0 Å². The van der Waals surface area contributed by atoms with E-state index in [1.54, 1.807) is 11.3 Å². The summed E-state index contributed by atoms with van der Waals surface area (Å²) in [5, 5.41) is 15.6. The first-order valence-corrected chi connectivity index (χ1v) is 7.45. The third-order valence-corrected chi connectivity index (χ3v) is 4.10. The van der Waals surface area contributed by atoms with Crippen molar-refractivity contribution in [2.45, 2.75) is 19.9 Å². The first-order chi connectivity index (χ1) is 9.99. The molecule has 6 heteroatoms. The highest BCUT2D eigenvalue weighted by Gasteiger charge is 2.20. The fourth-order valence-electron chi connectivity index (χ4n) is 1.99. The van der Waals surface area contributed by atoms with Crippen LogP contribution in [0.1, 0.15) is 35.1 Å². The molecule has 0 unspecified atom stereocenters. The number of nitrogens with one attached hydrogen (secondary N) is 1. The van der Waals surface area contributed by atoms with E-state index in [1.807, 2.05) is 31.4 Å². The lowest BCUT2D eigenvalue weighted by atomic mass is 10.0.